The van der Waals surface area contributed by atoms with Gasteiger partial charge < -0.3 is 14.1 Å². The van der Waals surface area contributed by atoms with Crippen molar-refractivity contribution in [2.24, 2.45) is 5.92 Å². The minimum atomic E-state index is 0.100. The number of likely N-dealkylation sites (tertiary alicyclic amines) is 1. The number of ether oxygens (including phenoxy) is 1. The molecule has 22 heavy (non-hydrogen) atoms. The highest BCUT2D eigenvalue weighted by atomic mass is 16.5. The molecule has 1 saturated heterocycles. The molecule has 4 heteroatoms. The molecule has 0 spiro atoms. The zero-order valence-electron chi connectivity index (χ0n) is 14.5. The summed E-state index contributed by atoms with van der Waals surface area (Å²) >= 11 is 0. The maximum Gasteiger partial charge on any atom is 0.280 e. The standard InChI is InChI=1S/C18H29N2O2/c1-6-20(4)13-15(12-17(20)18(21)19(2)3)11-14-7-9-16(22-5)10-8-14/h7-10,15,17H,6,11-13H2,1-5H3/q+1/t15-,17-,20?/m0/s1. The first-order valence-corrected chi connectivity index (χ1v) is 8.08. The predicted octanol–water partition coefficient (Wildman–Crippen LogP) is 2.18. The minimum absolute atomic E-state index is 0.100. The fraction of sp³-hybridized carbons (Fsp3) is 0.611. The van der Waals surface area contributed by atoms with Crippen molar-refractivity contribution in [3.8, 4) is 5.75 Å². The third-order valence-corrected chi connectivity index (χ3v) is 5.12. The highest BCUT2D eigenvalue weighted by Crippen LogP contribution is 2.32. The SMILES string of the molecule is CC[N+]1(C)C[C@@H](Cc2ccc(OC)cc2)C[C@H]1C(=O)N(C)C. The molecule has 1 heterocycles. The van der Waals surface area contributed by atoms with Crippen LogP contribution in [0.1, 0.15) is 18.9 Å². The van der Waals surface area contributed by atoms with Gasteiger partial charge in [0, 0.05) is 26.4 Å². The van der Waals surface area contributed by atoms with E-state index in [9.17, 15) is 4.79 Å². The first-order chi connectivity index (χ1) is 10.4. The molecule has 0 aliphatic carbocycles. The Morgan fingerprint density at radius 3 is 2.45 bits per heavy atom. The number of amides is 1. The molecule has 1 aromatic carbocycles. The van der Waals surface area contributed by atoms with Crippen LogP contribution >= 0.6 is 0 Å². The molecule has 122 valence electrons. The molecular weight excluding hydrogens is 276 g/mol. The summed E-state index contributed by atoms with van der Waals surface area (Å²) in [5.41, 5.74) is 1.33. The average molecular weight is 305 g/mol. The number of carbonyl (C=O) groups is 1. The van der Waals surface area contributed by atoms with E-state index in [0.717, 1.165) is 36.2 Å². The van der Waals surface area contributed by atoms with Crippen molar-refractivity contribution in [1.29, 1.82) is 0 Å². The molecule has 0 bridgehead atoms. The molecule has 1 fully saturated rings. The van der Waals surface area contributed by atoms with Crippen molar-refractivity contribution < 1.29 is 14.0 Å². The molecule has 1 aliphatic rings. The Kier molecular flexibility index (Phi) is 5.12. The van der Waals surface area contributed by atoms with E-state index >= 15 is 0 Å². The van der Waals surface area contributed by atoms with Crippen molar-refractivity contribution >= 4 is 5.91 Å². The summed E-state index contributed by atoms with van der Waals surface area (Å²) in [6.45, 7) is 4.27. The predicted molar refractivity (Wildman–Crippen MR) is 88.9 cm³/mol. The van der Waals surface area contributed by atoms with Crippen LogP contribution in [0.4, 0.5) is 0 Å². The fourth-order valence-electron chi connectivity index (χ4n) is 3.62. The van der Waals surface area contributed by atoms with Crippen LogP contribution < -0.4 is 4.74 Å². The van der Waals surface area contributed by atoms with E-state index in [4.69, 9.17) is 4.74 Å². The Hall–Kier alpha value is -1.55. The number of rotatable bonds is 5. The fourth-order valence-corrected chi connectivity index (χ4v) is 3.62. The molecule has 1 aromatic rings. The van der Waals surface area contributed by atoms with E-state index in [0.29, 0.717) is 5.92 Å². The monoisotopic (exact) mass is 305 g/mol. The summed E-state index contributed by atoms with van der Waals surface area (Å²) in [7, 11) is 7.63. The topological polar surface area (TPSA) is 29.5 Å². The van der Waals surface area contributed by atoms with Crippen molar-refractivity contribution in [2.75, 3.05) is 41.3 Å². The summed E-state index contributed by atoms with van der Waals surface area (Å²) in [4.78, 5) is 14.2. The van der Waals surface area contributed by atoms with Gasteiger partial charge in [-0.15, -0.1) is 0 Å². The van der Waals surface area contributed by atoms with Gasteiger partial charge in [-0.25, -0.2) is 0 Å². The maximum atomic E-state index is 12.5. The lowest BCUT2D eigenvalue weighted by atomic mass is 9.96. The van der Waals surface area contributed by atoms with Crippen molar-refractivity contribution in [3.05, 3.63) is 29.8 Å². The number of hydrogen-bond donors (Lipinski definition) is 0. The highest BCUT2D eigenvalue weighted by molar-refractivity contribution is 5.80. The molecule has 2 rings (SSSR count). The number of nitrogens with zero attached hydrogens (tertiary/aromatic N) is 2. The van der Waals surface area contributed by atoms with E-state index in [-0.39, 0.29) is 11.9 Å². The Bertz CT molecular complexity index is 512. The summed E-state index contributed by atoms with van der Waals surface area (Å²) in [6, 6.07) is 8.40. The summed E-state index contributed by atoms with van der Waals surface area (Å²) in [6.07, 6.45) is 2.02. The van der Waals surface area contributed by atoms with Gasteiger partial charge in [0.05, 0.1) is 27.2 Å². The van der Waals surface area contributed by atoms with E-state index in [2.05, 4.69) is 26.1 Å². The summed E-state index contributed by atoms with van der Waals surface area (Å²) < 4.78 is 6.07. The second-order valence-electron chi connectivity index (χ2n) is 6.88. The third kappa shape index (κ3) is 3.43. The van der Waals surface area contributed by atoms with Crippen LogP contribution in [0.5, 0.6) is 5.75 Å². The zero-order valence-corrected chi connectivity index (χ0v) is 14.5. The van der Waals surface area contributed by atoms with Crippen LogP contribution in [-0.4, -0.2) is 62.7 Å². The Morgan fingerprint density at radius 1 is 1.32 bits per heavy atom. The first kappa shape index (κ1) is 16.8. The Morgan fingerprint density at radius 2 is 1.95 bits per heavy atom. The van der Waals surface area contributed by atoms with Gasteiger partial charge in [0.15, 0.2) is 6.04 Å². The van der Waals surface area contributed by atoms with E-state index in [1.807, 2.05) is 26.2 Å². The van der Waals surface area contributed by atoms with E-state index in [1.54, 1.807) is 12.0 Å². The minimum Gasteiger partial charge on any atom is -0.497 e. The Labute approximate surface area is 134 Å². The van der Waals surface area contributed by atoms with E-state index in [1.165, 1.54) is 5.56 Å². The van der Waals surface area contributed by atoms with Gasteiger partial charge in [-0.2, -0.15) is 0 Å². The number of hydrogen-bond acceptors (Lipinski definition) is 2. The van der Waals surface area contributed by atoms with Gasteiger partial charge in [0.25, 0.3) is 5.91 Å². The lowest BCUT2D eigenvalue weighted by Crippen LogP contribution is -2.54. The summed E-state index contributed by atoms with van der Waals surface area (Å²) in [5, 5.41) is 0. The number of methoxy groups -OCH3 is 1. The van der Waals surface area contributed by atoms with Gasteiger partial charge in [-0.1, -0.05) is 12.1 Å². The molecule has 0 N–H and O–H groups in total. The molecule has 0 aromatic heterocycles. The molecule has 1 amide bonds. The van der Waals surface area contributed by atoms with Gasteiger partial charge in [-0.3, -0.25) is 4.79 Å². The molecular formula is C18H29N2O2+. The third-order valence-electron chi connectivity index (χ3n) is 5.12. The maximum absolute atomic E-state index is 12.5. The largest absolute Gasteiger partial charge is 0.497 e. The van der Waals surface area contributed by atoms with Crippen LogP contribution in [0.2, 0.25) is 0 Å². The summed E-state index contributed by atoms with van der Waals surface area (Å²) in [5.74, 6) is 1.72. The van der Waals surface area contributed by atoms with Crippen LogP contribution in [0, 0.1) is 5.92 Å². The lowest BCUT2D eigenvalue weighted by Gasteiger charge is -2.35. The van der Waals surface area contributed by atoms with E-state index < -0.39 is 0 Å². The highest BCUT2D eigenvalue weighted by Gasteiger charge is 2.47. The Balaban J connectivity index is 2.08. The quantitative estimate of drug-likeness (QED) is 0.780. The van der Waals surface area contributed by atoms with Crippen LogP contribution in [0.3, 0.4) is 0 Å². The van der Waals surface area contributed by atoms with Gasteiger partial charge >= 0.3 is 0 Å². The number of carbonyl (C=O) groups excluding carboxylic acids is 1. The molecule has 0 radical (unpaired) electrons. The van der Waals surface area contributed by atoms with Crippen molar-refractivity contribution in [2.45, 2.75) is 25.8 Å². The first-order valence-electron chi connectivity index (χ1n) is 8.08. The molecule has 1 aliphatic heterocycles. The number of likely N-dealkylation sites (N-methyl/N-ethyl adjacent to an activating group) is 2. The number of benzene rings is 1. The van der Waals surface area contributed by atoms with Gasteiger partial charge in [0.2, 0.25) is 0 Å². The normalized spacial score (nSPS) is 27.7. The van der Waals surface area contributed by atoms with Crippen LogP contribution in [0.25, 0.3) is 0 Å². The van der Waals surface area contributed by atoms with Crippen molar-refractivity contribution in [3.63, 3.8) is 0 Å². The lowest BCUT2D eigenvalue weighted by molar-refractivity contribution is -0.912. The van der Waals surface area contributed by atoms with Gasteiger partial charge in [0.1, 0.15) is 5.75 Å². The van der Waals surface area contributed by atoms with Crippen LogP contribution in [0.15, 0.2) is 24.3 Å². The molecule has 0 saturated carbocycles. The zero-order chi connectivity index (χ0) is 16.3. The van der Waals surface area contributed by atoms with Crippen LogP contribution in [-0.2, 0) is 11.2 Å². The van der Waals surface area contributed by atoms with Gasteiger partial charge in [-0.05, 0) is 31.0 Å². The smallest absolute Gasteiger partial charge is 0.280 e. The molecule has 3 atom stereocenters. The molecule has 4 nitrogen and oxygen atoms in total. The molecule has 1 unspecified atom stereocenters. The second-order valence-corrected chi connectivity index (χ2v) is 6.88. The second kappa shape index (κ2) is 6.69. The average Bonchev–Trinajstić information content (AvgIpc) is 2.84. The van der Waals surface area contributed by atoms with Crippen molar-refractivity contribution in [1.82, 2.24) is 4.90 Å². The number of quaternary nitrogens is 1.